The van der Waals surface area contributed by atoms with Gasteiger partial charge in [-0.05, 0) is 49.0 Å². The summed E-state index contributed by atoms with van der Waals surface area (Å²) >= 11 is 0. The first kappa shape index (κ1) is 22.3. The van der Waals surface area contributed by atoms with Crippen molar-refractivity contribution in [2.45, 2.75) is 30.3 Å². The van der Waals surface area contributed by atoms with Crippen LogP contribution in [0.5, 0.6) is 0 Å². The van der Waals surface area contributed by atoms with E-state index in [1.165, 1.54) is 12.1 Å². The minimum Gasteiger partial charge on any atom is -0.206 e. The molecule has 0 unspecified atom stereocenters. The lowest BCUT2D eigenvalue weighted by atomic mass is 9.90. The first-order valence-electron chi connectivity index (χ1n) is 8.82. The van der Waals surface area contributed by atoms with E-state index in [0.717, 1.165) is 19.2 Å². The Morgan fingerprint density at radius 1 is 1.17 bits per heavy atom. The maximum absolute atomic E-state index is 14.2. The summed E-state index contributed by atoms with van der Waals surface area (Å²) < 4.78 is 92.3. The molecule has 1 aliphatic carbocycles. The predicted molar refractivity (Wildman–Crippen MR) is 100 cm³/mol. The number of alkyl halides is 3. The van der Waals surface area contributed by atoms with Crippen molar-refractivity contribution in [1.29, 1.82) is 0 Å². The molecule has 30 heavy (non-hydrogen) atoms. The van der Waals surface area contributed by atoms with Gasteiger partial charge in [0.15, 0.2) is 0 Å². The average Bonchev–Trinajstić information content (AvgIpc) is 3.11. The summed E-state index contributed by atoms with van der Waals surface area (Å²) in [4.78, 5) is 0. The van der Waals surface area contributed by atoms with E-state index < -0.39 is 44.2 Å². The largest absolute Gasteiger partial charge is 0.511 e. The van der Waals surface area contributed by atoms with E-state index in [9.17, 15) is 30.4 Å². The third kappa shape index (κ3) is 3.49. The van der Waals surface area contributed by atoms with E-state index in [2.05, 4.69) is 23.4 Å². The van der Waals surface area contributed by atoms with Crippen molar-refractivity contribution in [3.63, 3.8) is 0 Å². The Bertz CT molecular complexity index is 1060. The lowest BCUT2D eigenvalue weighted by Gasteiger charge is -2.37. The molecule has 1 aromatic rings. The molecule has 0 N–H and O–H groups in total. The predicted octanol–water partition coefficient (Wildman–Crippen LogP) is 5.16. The normalized spacial score (nSPS) is 28.0. The summed E-state index contributed by atoms with van der Waals surface area (Å²) in [5.74, 6) is -2.27. The number of halogens is 5. The van der Waals surface area contributed by atoms with Crippen molar-refractivity contribution in [2.24, 2.45) is 16.1 Å². The lowest BCUT2D eigenvalue weighted by molar-refractivity contribution is -0.0506. The van der Waals surface area contributed by atoms with Gasteiger partial charge in [-0.1, -0.05) is 19.2 Å². The van der Waals surface area contributed by atoms with Crippen LogP contribution in [-0.2, 0) is 10.0 Å². The minimum absolute atomic E-state index is 0.0115. The molecular weight excluding hydrogens is 429 g/mol. The molecule has 3 rings (SSSR count). The van der Waals surface area contributed by atoms with Crippen LogP contribution in [0.15, 0.2) is 58.9 Å². The highest BCUT2D eigenvalue weighted by Crippen LogP contribution is 2.50. The fraction of sp³-hybridized carbons (Fsp3) is 0.368. The van der Waals surface area contributed by atoms with Crippen molar-refractivity contribution >= 4 is 15.7 Å². The summed E-state index contributed by atoms with van der Waals surface area (Å²) in [6.45, 7) is 7.50. The molecule has 0 amide bonds. The molecule has 0 spiro atoms. The number of benzene rings is 1. The molecule has 2 atom stereocenters. The Morgan fingerprint density at radius 2 is 1.77 bits per heavy atom. The van der Waals surface area contributed by atoms with Gasteiger partial charge in [-0.2, -0.15) is 22.6 Å². The van der Waals surface area contributed by atoms with E-state index in [1.54, 1.807) is 0 Å². The number of sulfonamides is 1. The minimum atomic E-state index is -5.69. The number of hydrogen-bond donors (Lipinski definition) is 0. The molecule has 1 heterocycles. The Morgan fingerprint density at radius 3 is 2.33 bits per heavy atom. The second-order valence-corrected chi connectivity index (χ2v) is 9.20. The van der Waals surface area contributed by atoms with Gasteiger partial charge in [0.25, 0.3) is 0 Å². The van der Waals surface area contributed by atoms with Crippen LogP contribution in [-0.4, -0.2) is 30.8 Å². The van der Waals surface area contributed by atoms with Gasteiger partial charge in [0.05, 0.1) is 22.5 Å². The monoisotopic (exact) mass is 447 g/mol. The SMILES string of the molecule is C=C1/C=C(c2c(F)cccc2F)\N=N/C(=C)[C@@]2(N(C)S(=O)(=O)C(F)(F)F)CC[C@@H]1C2. The van der Waals surface area contributed by atoms with Gasteiger partial charge in [0, 0.05) is 7.05 Å². The van der Waals surface area contributed by atoms with Crippen molar-refractivity contribution in [1.82, 2.24) is 4.31 Å². The number of likely N-dealkylation sites (N-methyl/N-ethyl adjacent to an activating group) is 1. The molecule has 5 nitrogen and oxygen atoms in total. The number of hydrogen-bond acceptors (Lipinski definition) is 4. The van der Waals surface area contributed by atoms with Gasteiger partial charge >= 0.3 is 15.5 Å². The number of rotatable bonds is 3. The highest BCUT2D eigenvalue weighted by atomic mass is 32.2. The van der Waals surface area contributed by atoms with E-state index in [-0.39, 0.29) is 35.0 Å². The number of allylic oxidation sites excluding steroid dienone is 2. The summed E-state index contributed by atoms with van der Waals surface area (Å²) in [7, 11) is -4.87. The fourth-order valence-corrected chi connectivity index (χ4v) is 4.89. The second-order valence-electron chi connectivity index (χ2n) is 7.24. The first-order chi connectivity index (χ1) is 13.8. The van der Waals surface area contributed by atoms with Crippen LogP contribution < -0.4 is 0 Å². The topological polar surface area (TPSA) is 62.1 Å². The van der Waals surface area contributed by atoms with Crippen molar-refractivity contribution in [2.75, 3.05) is 7.05 Å². The molecule has 0 saturated heterocycles. The zero-order chi connectivity index (χ0) is 22.5. The zero-order valence-corrected chi connectivity index (χ0v) is 16.7. The molecule has 1 fully saturated rings. The van der Waals surface area contributed by atoms with Gasteiger partial charge in [-0.25, -0.2) is 17.2 Å². The zero-order valence-electron chi connectivity index (χ0n) is 15.9. The van der Waals surface area contributed by atoms with Crippen molar-refractivity contribution < 1.29 is 30.4 Å². The standard InChI is InChI=1S/C19H18F5N3O2S/c1-11-9-16(17-14(20)5-4-6-15(17)21)26-25-12(2)18(8-7-13(11)10-18)27(3)30(28,29)19(22,23)24/h4-6,9,13H,1-2,7-8,10H2,3H3/b16-9-,26-25-/t13-,18-/m1/s1. The van der Waals surface area contributed by atoms with Crippen molar-refractivity contribution in [3.05, 3.63) is 65.9 Å². The molecular formula is C19H18F5N3O2S. The Balaban J connectivity index is 2.12. The van der Waals surface area contributed by atoms with Gasteiger partial charge in [0.2, 0.25) is 0 Å². The second kappa shape index (κ2) is 7.38. The van der Waals surface area contributed by atoms with Crippen LogP contribution in [0.2, 0.25) is 0 Å². The molecule has 1 saturated carbocycles. The maximum Gasteiger partial charge on any atom is 0.511 e. The van der Waals surface area contributed by atoms with Crippen LogP contribution in [0.3, 0.4) is 0 Å². The van der Waals surface area contributed by atoms with E-state index >= 15 is 0 Å². The van der Waals surface area contributed by atoms with Gasteiger partial charge in [-0.3, -0.25) is 0 Å². The highest BCUT2D eigenvalue weighted by molar-refractivity contribution is 7.90. The summed E-state index contributed by atoms with van der Waals surface area (Å²) in [6, 6.07) is 3.22. The Hall–Kier alpha value is -2.40. The molecule has 162 valence electrons. The third-order valence-corrected chi connectivity index (χ3v) is 7.28. The lowest BCUT2D eigenvalue weighted by Crippen LogP contribution is -2.52. The number of nitrogens with zero attached hydrogens (tertiary/aromatic N) is 3. The van der Waals surface area contributed by atoms with Crippen molar-refractivity contribution in [3.8, 4) is 0 Å². The summed E-state index contributed by atoms with van der Waals surface area (Å²) in [5, 5.41) is 7.60. The van der Waals surface area contributed by atoms with E-state index in [0.29, 0.717) is 5.57 Å². The molecule has 2 bridgehead atoms. The molecule has 0 aromatic heterocycles. The molecule has 2 aliphatic rings. The quantitative estimate of drug-likeness (QED) is 0.601. The van der Waals surface area contributed by atoms with Crippen LogP contribution in [0.1, 0.15) is 24.8 Å². The average molecular weight is 447 g/mol. The number of azo groups is 1. The highest BCUT2D eigenvalue weighted by Gasteiger charge is 2.58. The molecule has 1 aromatic carbocycles. The maximum atomic E-state index is 14.2. The van der Waals surface area contributed by atoms with Crippen LogP contribution in [0.25, 0.3) is 5.70 Å². The van der Waals surface area contributed by atoms with Crippen LogP contribution in [0, 0.1) is 17.6 Å². The van der Waals surface area contributed by atoms with E-state index in [4.69, 9.17) is 0 Å². The smallest absolute Gasteiger partial charge is 0.206 e. The molecule has 1 aliphatic heterocycles. The molecule has 11 heteroatoms. The number of fused-ring (bicyclic) bond motifs is 2. The van der Waals surface area contributed by atoms with Crippen LogP contribution in [0.4, 0.5) is 22.0 Å². The summed E-state index contributed by atoms with van der Waals surface area (Å²) in [5.41, 5.74) is -7.80. The fourth-order valence-electron chi connectivity index (χ4n) is 3.85. The third-order valence-electron chi connectivity index (χ3n) is 5.63. The Kier molecular flexibility index (Phi) is 5.48. The van der Waals surface area contributed by atoms with Gasteiger partial charge < -0.3 is 0 Å². The Labute approximate surface area is 170 Å². The summed E-state index contributed by atoms with van der Waals surface area (Å²) in [6.07, 6.45) is 1.54. The van der Waals surface area contributed by atoms with Gasteiger partial charge in [-0.15, -0.1) is 5.11 Å². The van der Waals surface area contributed by atoms with E-state index in [1.807, 2.05) is 0 Å². The van der Waals surface area contributed by atoms with Crippen LogP contribution >= 0.6 is 0 Å². The molecule has 0 radical (unpaired) electrons. The van der Waals surface area contributed by atoms with Gasteiger partial charge in [0.1, 0.15) is 11.6 Å². The first-order valence-corrected chi connectivity index (χ1v) is 10.3.